The topological polar surface area (TPSA) is 30.7 Å². The Kier molecular flexibility index (Phi) is 5.94. The van der Waals surface area contributed by atoms with Gasteiger partial charge in [0.1, 0.15) is 0 Å². The highest BCUT2D eigenvalue weighted by Gasteiger charge is 2.17. The van der Waals surface area contributed by atoms with Crippen LogP contribution in [0.5, 0.6) is 0 Å². The second-order valence-electron chi connectivity index (χ2n) is 10.4. The second-order valence-corrected chi connectivity index (χ2v) is 11.3. The molecule has 0 atom stereocenters. The fourth-order valence-corrected chi connectivity index (χ4v) is 6.12. The van der Waals surface area contributed by atoms with Gasteiger partial charge < -0.3 is 4.57 Å². The molecule has 0 fully saturated rings. The first-order valence-corrected chi connectivity index (χ1v) is 14.7. The lowest BCUT2D eigenvalue weighted by molar-refractivity contribution is 1.18. The number of hydrogen-bond acceptors (Lipinski definition) is 2. The summed E-state index contributed by atoms with van der Waals surface area (Å²) >= 11 is 3.57. The zero-order valence-corrected chi connectivity index (χ0v) is 24.2. The van der Waals surface area contributed by atoms with Gasteiger partial charge in [-0.1, -0.05) is 119 Å². The third kappa shape index (κ3) is 4.20. The molecule has 0 aliphatic rings. The minimum atomic E-state index is 0.717. The Labute approximate surface area is 251 Å². The van der Waals surface area contributed by atoms with Crippen LogP contribution in [0.4, 0.5) is 0 Å². The summed E-state index contributed by atoms with van der Waals surface area (Å²) in [6.07, 6.45) is 0. The first-order chi connectivity index (χ1) is 20.7. The number of halogens is 1. The lowest BCUT2D eigenvalue weighted by Crippen LogP contribution is -1.96. The van der Waals surface area contributed by atoms with E-state index >= 15 is 0 Å². The van der Waals surface area contributed by atoms with Gasteiger partial charge in [-0.25, -0.2) is 9.97 Å². The average Bonchev–Trinajstić information content (AvgIpc) is 3.38. The van der Waals surface area contributed by atoms with Gasteiger partial charge in [0.05, 0.1) is 22.2 Å². The van der Waals surface area contributed by atoms with Crippen molar-refractivity contribution in [3.8, 4) is 39.5 Å². The van der Waals surface area contributed by atoms with Crippen molar-refractivity contribution in [2.24, 2.45) is 0 Å². The van der Waals surface area contributed by atoms with E-state index < -0.39 is 0 Å². The SMILES string of the molecule is Brc1ccc(-c2ccc3c4ccc(-c5nc(-c6ccccc6)c6ccccc6n5)cc4n(-c4ccccc4)c3c2)cc1. The molecular formula is C38H24BrN3. The van der Waals surface area contributed by atoms with Gasteiger partial charge in [0.2, 0.25) is 0 Å². The highest BCUT2D eigenvalue weighted by Crippen LogP contribution is 2.37. The summed E-state index contributed by atoms with van der Waals surface area (Å²) in [6, 6.07) is 51.0. The number of hydrogen-bond donors (Lipinski definition) is 0. The Bertz CT molecular complexity index is 2240. The molecule has 198 valence electrons. The van der Waals surface area contributed by atoms with Crippen molar-refractivity contribution >= 4 is 48.6 Å². The third-order valence-electron chi connectivity index (χ3n) is 7.87. The van der Waals surface area contributed by atoms with Crippen molar-refractivity contribution < 1.29 is 0 Å². The predicted molar refractivity (Wildman–Crippen MR) is 178 cm³/mol. The van der Waals surface area contributed by atoms with Gasteiger partial charge in [-0.05, 0) is 53.6 Å². The van der Waals surface area contributed by atoms with Crippen LogP contribution in [0.2, 0.25) is 0 Å². The van der Waals surface area contributed by atoms with Crippen LogP contribution >= 0.6 is 15.9 Å². The summed E-state index contributed by atoms with van der Waals surface area (Å²) < 4.78 is 3.43. The molecule has 0 unspecified atom stereocenters. The highest BCUT2D eigenvalue weighted by molar-refractivity contribution is 9.10. The summed E-state index contributed by atoms with van der Waals surface area (Å²) in [6.45, 7) is 0. The van der Waals surface area contributed by atoms with Gasteiger partial charge in [0, 0.05) is 37.4 Å². The maximum absolute atomic E-state index is 5.14. The monoisotopic (exact) mass is 601 g/mol. The van der Waals surface area contributed by atoms with E-state index in [0.717, 1.165) is 54.7 Å². The molecule has 42 heavy (non-hydrogen) atoms. The van der Waals surface area contributed by atoms with Crippen molar-refractivity contribution in [3.05, 3.63) is 150 Å². The molecule has 0 amide bonds. The maximum atomic E-state index is 5.14. The van der Waals surface area contributed by atoms with Gasteiger partial charge in [-0.15, -0.1) is 0 Å². The number of para-hydroxylation sites is 2. The minimum Gasteiger partial charge on any atom is -0.309 e. The number of benzene rings is 6. The highest BCUT2D eigenvalue weighted by atomic mass is 79.9. The number of rotatable bonds is 4. The van der Waals surface area contributed by atoms with Crippen LogP contribution in [0.25, 0.3) is 72.2 Å². The lowest BCUT2D eigenvalue weighted by Gasteiger charge is -2.11. The van der Waals surface area contributed by atoms with E-state index in [1.54, 1.807) is 0 Å². The summed E-state index contributed by atoms with van der Waals surface area (Å²) in [5.41, 5.74) is 9.72. The predicted octanol–water partition coefficient (Wildman–Crippen LogP) is 10.5. The molecule has 8 aromatic rings. The maximum Gasteiger partial charge on any atom is 0.160 e. The van der Waals surface area contributed by atoms with Crippen molar-refractivity contribution in [2.45, 2.75) is 0 Å². The Morgan fingerprint density at radius 2 is 1.05 bits per heavy atom. The molecule has 0 spiro atoms. The van der Waals surface area contributed by atoms with Crippen LogP contribution in [-0.4, -0.2) is 14.5 Å². The normalized spacial score (nSPS) is 11.5. The van der Waals surface area contributed by atoms with E-state index in [1.807, 2.05) is 18.2 Å². The summed E-state index contributed by atoms with van der Waals surface area (Å²) in [4.78, 5) is 10.2. The zero-order chi connectivity index (χ0) is 28.0. The molecule has 2 heterocycles. The Hall–Kier alpha value is -5.06. The quantitative estimate of drug-likeness (QED) is 0.201. The van der Waals surface area contributed by atoms with Crippen LogP contribution in [0.15, 0.2) is 150 Å². The number of fused-ring (bicyclic) bond motifs is 4. The largest absolute Gasteiger partial charge is 0.309 e. The van der Waals surface area contributed by atoms with Crippen LogP contribution in [0.1, 0.15) is 0 Å². The molecule has 3 nitrogen and oxygen atoms in total. The van der Waals surface area contributed by atoms with Crippen LogP contribution in [0, 0.1) is 0 Å². The van der Waals surface area contributed by atoms with Crippen LogP contribution in [0.3, 0.4) is 0 Å². The summed E-state index contributed by atoms with van der Waals surface area (Å²) in [5, 5.41) is 3.46. The molecule has 0 aliphatic carbocycles. The number of nitrogens with zero attached hydrogens (tertiary/aromatic N) is 3. The Balaban J connectivity index is 1.38. The third-order valence-corrected chi connectivity index (χ3v) is 8.40. The van der Waals surface area contributed by atoms with Crippen molar-refractivity contribution in [1.29, 1.82) is 0 Å². The molecule has 6 aromatic carbocycles. The average molecular weight is 603 g/mol. The van der Waals surface area contributed by atoms with E-state index in [0.29, 0.717) is 0 Å². The first kappa shape index (κ1) is 24.7. The minimum absolute atomic E-state index is 0.717. The zero-order valence-electron chi connectivity index (χ0n) is 22.6. The van der Waals surface area contributed by atoms with Gasteiger partial charge in [-0.3, -0.25) is 0 Å². The Morgan fingerprint density at radius 1 is 0.452 bits per heavy atom. The molecule has 4 heteroatoms. The molecule has 8 rings (SSSR count). The van der Waals surface area contributed by atoms with E-state index in [9.17, 15) is 0 Å². The molecule has 0 aliphatic heterocycles. The van der Waals surface area contributed by atoms with Gasteiger partial charge >= 0.3 is 0 Å². The molecule has 0 saturated carbocycles. The van der Waals surface area contributed by atoms with Crippen LogP contribution in [-0.2, 0) is 0 Å². The fourth-order valence-electron chi connectivity index (χ4n) is 5.86. The van der Waals surface area contributed by atoms with E-state index in [2.05, 4.69) is 148 Å². The second kappa shape index (κ2) is 10.1. The first-order valence-electron chi connectivity index (χ1n) is 14.0. The van der Waals surface area contributed by atoms with E-state index in [4.69, 9.17) is 9.97 Å². The summed E-state index contributed by atoms with van der Waals surface area (Å²) in [7, 11) is 0. The Morgan fingerprint density at radius 3 is 1.79 bits per heavy atom. The molecular weight excluding hydrogens is 578 g/mol. The van der Waals surface area contributed by atoms with Crippen molar-refractivity contribution in [2.75, 3.05) is 0 Å². The van der Waals surface area contributed by atoms with Crippen LogP contribution < -0.4 is 0 Å². The fraction of sp³-hybridized carbons (Fsp3) is 0. The van der Waals surface area contributed by atoms with Crippen molar-refractivity contribution in [1.82, 2.24) is 14.5 Å². The molecule has 2 aromatic heterocycles. The standard InChI is InChI=1S/C38H24BrN3/c39-29-19-15-25(16-20-29)27-17-21-31-32-22-18-28(24-36(32)42(35(31)23-27)30-11-5-2-6-12-30)38-40-34-14-8-7-13-33(34)37(41-38)26-9-3-1-4-10-26/h1-24H. The van der Waals surface area contributed by atoms with Gasteiger partial charge in [-0.2, -0.15) is 0 Å². The van der Waals surface area contributed by atoms with Gasteiger partial charge in [0.15, 0.2) is 5.82 Å². The molecule has 0 radical (unpaired) electrons. The molecule has 0 saturated heterocycles. The van der Waals surface area contributed by atoms with E-state index in [-0.39, 0.29) is 0 Å². The van der Waals surface area contributed by atoms with Gasteiger partial charge in [0.25, 0.3) is 0 Å². The molecule has 0 bridgehead atoms. The smallest absolute Gasteiger partial charge is 0.160 e. The number of aromatic nitrogens is 3. The van der Waals surface area contributed by atoms with Crippen molar-refractivity contribution in [3.63, 3.8) is 0 Å². The lowest BCUT2D eigenvalue weighted by atomic mass is 10.0. The van der Waals surface area contributed by atoms with E-state index in [1.165, 1.54) is 21.9 Å². The summed E-state index contributed by atoms with van der Waals surface area (Å²) in [5.74, 6) is 0.717. The molecule has 0 N–H and O–H groups in total.